The Morgan fingerprint density at radius 2 is 1.79 bits per heavy atom. The van der Waals surface area contributed by atoms with Crippen LogP contribution in [-0.2, 0) is 20.7 Å². The van der Waals surface area contributed by atoms with Gasteiger partial charge >= 0.3 is 12.0 Å². The van der Waals surface area contributed by atoms with E-state index in [2.05, 4.69) is 17.6 Å². The maximum atomic E-state index is 11.9. The Bertz CT molecular complexity index is 706. The van der Waals surface area contributed by atoms with E-state index < -0.39 is 24.5 Å². The van der Waals surface area contributed by atoms with Crippen LogP contribution in [-0.4, -0.2) is 44.8 Å². The third-order valence-electron chi connectivity index (χ3n) is 4.84. The summed E-state index contributed by atoms with van der Waals surface area (Å²) in [5.74, 6) is 0.190. The Balaban J connectivity index is 1.74. The van der Waals surface area contributed by atoms with Crippen molar-refractivity contribution >= 4 is 17.9 Å². The third kappa shape index (κ3) is 6.44. The maximum Gasteiger partial charge on any atom is 0.321 e. The van der Waals surface area contributed by atoms with Gasteiger partial charge in [0.25, 0.3) is 5.91 Å². The van der Waals surface area contributed by atoms with Crippen molar-refractivity contribution in [3.63, 3.8) is 0 Å². The van der Waals surface area contributed by atoms with Crippen LogP contribution in [0.1, 0.15) is 38.2 Å². The first kappa shape index (κ1) is 21.5. The highest BCUT2D eigenvalue weighted by atomic mass is 16.5. The number of hydrogen-bond acceptors (Lipinski definition) is 6. The summed E-state index contributed by atoms with van der Waals surface area (Å²) in [6, 6.07) is 4.57. The number of ether oxygens (including phenoxy) is 3. The molecule has 0 unspecified atom stereocenters. The van der Waals surface area contributed by atoms with Crippen LogP contribution in [0.5, 0.6) is 11.5 Å². The van der Waals surface area contributed by atoms with Crippen molar-refractivity contribution in [1.82, 2.24) is 10.6 Å². The number of imide groups is 1. The number of esters is 1. The van der Waals surface area contributed by atoms with Gasteiger partial charge in [0, 0.05) is 6.04 Å². The van der Waals surface area contributed by atoms with Gasteiger partial charge in [0.15, 0.2) is 18.1 Å². The van der Waals surface area contributed by atoms with Crippen LogP contribution in [0.2, 0.25) is 0 Å². The number of hydrogen-bond donors (Lipinski definition) is 2. The quantitative estimate of drug-likeness (QED) is 0.690. The zero-order chi connectivity index (χ0) is 20.5. The molecule has 0 saturated heterocycles. The van der Waals surface area contributed by atoms with E-state index in [1.54, 1.807) is 18.2 Å². The van der Waals surface area contributed by atoms with Crippen molar-refractivity contribution in [3.8, 4) is 11.5 Å². The van der Waals surface area contributed by atoms with Crippen molar-refractivity contribution in [3.05, 3.63) is 23.8 Å². The predicted molar refractivity (Wildman–Crippen MR) is 102 cm³/mol. The summed E-state index contributed by atoms with van der Waals surface area (Å²) >= 11 is 0. The fourth-order valence-electron chi connectivity index (χ4n) is 3.25. The standard InChI is InChI=1S/C20H28N2O6/c1-13-6-4-5-7-15(13)21-20(25)22-18(23)12-28-19(24)11-14-8-9-16(26-2)17(10-14)27-3/h8-10,13,15H,4-7,11-12H2,1-3H3,(H2,21,22,23,25)/t13-,15-/m0/s1. The second-order valence-electron chi connectivity index (χ2n) is 6.92. The summed E-state index contributed by atoms with van der Waals surface area (Å²) in [7, 11) is 3.03. The van der Waals surface area contributed by atoms with Crippen LogP contribution >= 0.6 is 0 Å². The van der Waals surface area contributed by atoms with E-state index in [4.69, 9.17) is 14.2 Å². The van der Waals surface area contributed by atoms with Gasteiger partial charge in [-0.3, -0.25) is 14.9 Å². The summed E-state index contributed by atoms with van der Waals surface area (Å²) in [5, 5.41) is 5.01. The molecule has 3 amide bonds. The van der Waals surface area contributed by atoms with Gasteiger partial charge in [-0.15, -0.1) is 0 Å². The molecule has 154 valence electrons. The first-order chi connectivity index (χ1) is 13.4. The van der Waals surface area contributed by atoms with Crippen molar-refractivity contribution < 1.29 is 28.6 Å². The minimum atomic E-state index is -0.665. The molecule has 0 spiro atoms. The van der Waals surface area contributed by atoms with E-state index in [1.165, 1.54) is 14.2 Å². The zero-order valence-electron chi connectivity index (χ0n) is 16.6. The first-order valence-electron chi connectivity index (χ1n) is 9.39. The number of nitrogens with one attached hydrogen (secondary N) is 2. The number of carbonyl (C=O) groups excluding carboxylic acids is 3. The highest BCUT2D eigenvalue weighted by Crippen LogP contribution is 2.27. The maximum absolute atomic E-state index is 11.9. The number of methoxy groups -OCH3 is 2. The van der Waals surface area contributed by atoms with Crippen LogP contribution in [0.15, 0.2) is 18.2 Å². The van der Waals surface area contributed by atoms with Crippen molar-refractivity contribution in [2.75, 3.05) is 20.8 Å². The van der Waals surface area contributed by atoms with Crippen LogP contribution in [0.3, 0.4) is 0 Å². The molecule has 1 aliphatic rings. The van der Waals surface area contributed by atoms with Gasteiger partial charge in [-0.1, -0.05) is 25.8 Å². The second-order valence-corrected chi connectivity index (χ2v) is 6.92. The van der Waals surface area contributed by atoms with Crippen molar-refractivity contribution in [1.29, 1.82) is 0 Å². The van der Waals surface area contributed by atoms with Gasteiger partial charge in [-0.2, -0.15) is 0 Å². The van der Waals surface area contributed by atoms with Gasteiger partial charge in [0.1, 0.15) is 0 Å². The lowest BCUT2D eigenvalue weighted by molar-refractivity contribution is -0.147. The minimum Gasteiger partial charge on any atom is -0.493 e. The number of carbonyl (C=O) groups is 3. The van der Waals surface area contributed by atoms with E-state index in [9.17, 15) is 14.4 Å². The smallest absolute Gasteiger partial charge is 0.321 e. The van der Waals surface area contributed by atoms with E-state index in [0.29, 0.717) is 23.0 Å². The summed E-state index contributed by atoms with van der Waals surface area (Å²) in [4.78, 5) is 35.7. The van der Waals surface area contributed by atoms with Crippen molar-refractivity contribution in [2.24, 2.45) is 5.92 Å². The number of benzene rings is 1. The Hall–Kier alpha value is -2.77. The molecule has 1 aromatic carbocycles. The Labute approximate surface area is 164 Å². The highest BCUT2D eigenvalue weighted by Gasteiger charge is 2.23. The third-order valence-corrected chi connectivity index (χ3v) is 4.84. The molecule has 2 N–H and O–H groups in total. The monoisotopic (exact) mass is 392 g/mol. The highest BCUT2D eigenvalue weighted by molar-refractivity contribution is 5.95. The number of urea groups is 1. The largest absolute Gasteiger partial charge is 0.493 e. The lowest BCUT2D eigenvalue weighted by Crippen LogP contribution is -2.48. The van der Waals surface area contributed by atoms with Crippen LogP contribution in [0.25, 0.3) is 0 Å². The number of rotatable bonds is 7. The number of amides is 3. The average molecular weight is 392 g/mol. The first-order valence-corrected chi connectivity index (χ1v) is 9.39. The molecule has 8 nitrogen and oxygen atoms in total. The lowest BCUT2D eigenvalue weighted by atomic mass is 9.86. The van der Waals surface area contributed by atoms with Gasteiger partial charge in [-0.25, -0.2) is 4.79 Å². The summed E-state index contributed by atoms with van der Waals surface area (Å²) in [5.41, 5.74) is 0.659. The molecule has 0 aliphatic heterocycles. The second kappa shape index (κ2) is 10.5. The molecule has 0 bridgehead atoms. The molecule has 28 heavy (non-hydrogen) atoms. The molecule has 2 atom stereocenters. The van der Waals surface area contributed by atoms with E-state index >= 15 is 0 Å². The SMILES string of the molecule is COc1ccc(CC(=O)OCC(=O)NC(=O)N[C@H]2CCCC[C@@H]2C)cc1OC. The Morgan fingerprint density at radius 3 is 2.46 bits per heavy atom. The van der Waals surface area contributed by atoms with Gasteiger partial charge in [0.05, 0.1) is 20.6 Å². The molecule has 1 aromatic rings. The zero-order valence-corrected chi connectivity index (χ0v) is 16.6. The molecule has 0 radical (unpaired) electrons. The molecular formula is C20H28N2O6. The molecule has 0 aromatic heterocycles. The minimum absolute atomic E-state index is 0.0284. The van der Waals surface area contributed by atoms with E-state index in [-0.39, 0.29) is 12.5 Å². The van der Waals surface area contributed by atoms with Crippen molar-refractivity contribution in [2.45, 2.75) is 45.1 Å². The molecule has 1 saturated carbocycles. The topological polar surface area (TPSA) is 103 Å². The van der Waals surface area contributed by atoms with Crippen LogP contribution < -0.4 is 20.1 Å². The van der Waals surface area contributed by atoms with Crippen LogP contribution in [0.4, 0.5) is 4.79 Å². The normalized spacial score (nSPS) is 18.7. The molecular weight excluding hydrogens is 364 g/mol. The molecule has 8 heteroatoms. The molecule has 1 aliphatic carbocycles. The predicted octanol–water partition coefficient (Wildman–Crippen LogP) is 2.19. The fourth-order valence-corrected chi connectivity index (χ4v) is 3.25. The van der Waals surface area contributed by atoms with E-state index in [1.807, 2.05) is 0 Å². The summed E-state index contributed by atoms with van der Waals surface area (Å²) < 4.78 is 15.3. The lowest BCUT2D eigenvalue weighted by Gasteiger charge is -2.29. The van der Waals surface area contributed by atoms with E-state index in [0.717, 1.165) is 25.7 Å². The molecule has 2 rings (SSSR count). The average Bonchev–Trinajstić information content (AvgIpc) is 2.68. The molecule has 1 fully saturated rings. The Kier molecular flexibility index (Phi) is 8.10. The summed E-state index contributed by atoms with van der Waals surface area (Å²) in [6.07, 6.45) is 4.17. The fraction of sp³-hybridized carbons (Fsp3) is 0.550. The van der Waals surface area contributed by atoms with Crippen LogP contribution in [0, 0.1) is 5.92 Å². The molecule has 0 heterocycles. The van der Waals surface area contributed by atoms with Gasteiger partial charge in [0.2, 0.25) is 0 Å². The summed E-state index contributed by atoms with van der Waals surface area (Å²) in [6.45, 7) is 1.57. The van der Waals surface area contributed by atoms with Gasteiger partial charge in [-0.05, 0) is 36.5 Å². The Morgan fingerprint density at radius 1 is 1.07 bits per heavy atom. The van der Waals surface area contributed by atoms with Gasteiger partial charge < -0.3 is 19.5 Å².